The predicted molar refractivity (Wildman–Crippen MR) is 271 cm³/mol. The molecular formula is C56H44N4P2. The molecule has 0 amide bonds. The zero-order valence-corrected chi connectivity index (χ0v) is 35.8. The van der Waals surface area contributed by atoms with E-state index in [4.69, 9.17) is 0 Å². The Labute approximate surface area is 366 Å². The van der Waals surface area contributed by atoms with Gasteiger partial charge in [0.2, 0.25) is 0 Å². The maximum absolute atomic E-state index is 4.08. The standard InChI is InChI=1S/C56H44N4P2/c1-7-23-41(24-8-1)51-39-43-27-19-21-37-49(43)53(55(51)61(57-45-29-11-3-12-30-45)58-46-31-13-4-14-32-46)54-50-38-22-20-28-44(50)40-52(42-25-9-2-10-26-42)56(54)62(59-47-33-15-5-16-34-47)60-48-35-17-6-18-36-48/h1-40,57-60H. The van der Waals surface area contributed by atoms with Gasteiger partial charge in [-0.15, -0.1) is 0 Å². The Morgan fingerprint density at radius 2 is 0.516 bits per heavy atom. The third kappa shape index (κ3) is 8.27. The van der Waals surface area contributed by atoms with Crippen LogP contribution in [0.5, 0.6) is 0 Å². The van der Waals surface area contributed by atoms with E-state index in [1.165, 1.54) is 54.4 Å². The lowest BCUT2D eigenvalue weighted by molar-refractivity contribution is 1.62. The topological polar surface area (TPSA) is 48.1 Å². The third-order valence-corrected chi connectivity index (χ3v) is 14.7. The molecule has 298 valence electrons. The first-order chi connectivity index (χ1) is 30.8. The van der Waals surface area contributed by atoms with Crippen molar-refractivity contribution in [3.8, 4) is 33.4 Å². The Hall–Kier alpha value is -7.22. The number of anilines is 4. The van der Waals surface area contributed by atoms with Gasteiger partial charge in [-0.2, -0.15) is 0 Å². The summed E-state index contributed by atoms with van der Waals surface area (Å²) in [4.78, 5) is 0. The molecule has 62 heavy (non-hydrogen) atoms. The quantitative estimate of drug-likeness (QED) is 0.0874. The molecule has 0 heterocycles. The van der Waals surface area contributed by atoms with Gasteiger partial charge in [-0.25, -0.2) is 0 Å². The summed E-state index contributed by atoms with van der Waals surface area (Å²) in [7, 11) is -2.70. The second-order valence-electron chi connectivity index (χ2n) is 15.1. The molecular weight excluding hydrogens is 791 g/mol. The summed E-state index contributed by atoms with van der Waals surface area (Å²) in [6.07, 6.45) is 0. The maximum atomic E-state index is 4.08. The molecule has 0 saturated heterocycles. The van der Waals surface area contributed by atoms with Crippen molar-refractivity contribution >= 4 is 71.3 Å². The summed E-state index contributed by atoms with van der Waals surface area (Å²) in [5, 5.41) is 23.5. The number of benzene rings is 10. The normalized spacial score (nSPS) is 11.2. The van der Waals surface area contributed by atoms with Gasteiger partial charge in [-0.05, 0) is 104 Å². The highest BCUT2D eigenvalue weighted by atomic mass is 31.1. The summed E-state index contributed by atoms with van der Waals surface area (Å²) < 4.78 is 0. The van der Waals surface area contributed by atoms with Gasteiger partial charge in [0.05, 0.1) is 0 Å². The van der Waals surface area contributed by atoms with E-state index in [0.717, 1.165) is 33.9 Å². The molecule has 0 aliphatic carbocycles. The van der Waals surface area contributed by atoms with Gasteiger partial charge in [0, 0.05) is 44.5 Å². The molecule has 10 aromatic rings. The lowest BCUT2D eigenvalue weighted by Gasteiger charge is -2.32. The third-order valence-electron chi connectivity index (χ3n) is 11.0. The minimum absolute atomic E-state index is 1.04. The van der Waals surface area contributed by atoms with Crippen LogP contribution in [0.1, 0.15) is 0 Å². The highest BCUT2D eigenvalue weighted by Gasteiger charge is 2.31. The van der Waals surface area contributed by atoms with Gasteiger partial charge in [0.15, 0.2) is 0 Å². The molecule has 0 unspecified atom stereocenters. The molecule has 4 nitrogen and oxygen atoms in total. The molecule has 0 saturated carbocycles. The molecule has 10 aromatic carbocycles. The summed E-state index contributed by atoms with van der Waals surface area (Å²) in [5.41, 5.74) is 11.2. The Morgan fingerprint density at radius 3 is 0.823 bits per heavy atom. The number of hydrogen-bond acceptors (Lipinski definition) is 4. The number of nitrogens with one attached hydrogen (secondary N) is 4. The maximum Gasteiger partial charge on any atom is 0.124 e. The van der Waals surface area contributed by atoms with E-state index < -0.39 is 16.4 Å². The van der Waals surface area contributed by atoms with Crippen molar-refractivity contribution in [2.24, 2.45) is 0 Å². The van der Waals surface area contributed by atoms with E-state index in [9.17, 15) is 0 Å². The van der Waals surface area contributed by atoms with E-state index in [1.807, 2.05) is 0 Å². The largest absolute Gasteiger partial charge is 0.344 e. The molecule has 0 fully saturated rings. The molecule has 4 N–H and O–H groups in total. The molecule has 0 aromatic heterocycles. The molecule has 0 spiro atoms. The van der Waals surface area contributed by atoms with Crippen molar-refractivity contribution in [1.82, 2.24) is 0 Å². The fraction of sp³-hybridized carbons (Fsp3) is 0. The van der Waals surface area contributed by atoms with Crippen LogP contribution >= 0.6 is 16.4 Å². The van der Waals surface area contributed by atoms with E-state index in [2.05, 4.69) is 263 Å². The lowest BCUT2D eigenvalue weighted by Crippen LogP contribution is -2.24. The fourth-order valence-corrected chi connectivity index (χ4v) is 12.1. The van der Waals surface area contributed by atoms with Crippen LogP contribution in [-0.2, 0) is 0 Å². The van der Waals surface area contributed by atoms with Gasteiger partial charge in [-0.1, -0.05) is 182 Å². The van der Waals surface area contributed by atoms with Crippen LogP contribution in [0.2, 0.25) is 0 Å². The first-order valence-electron chi connectivity index (χ1n) is 20.9. The van der Waals surface area contributed by atoms with Crippen molar-refractivity contribution in [1.29, 1.82) is 0 Å². The van der Waals surface area contributed by atoms with Gasteiger partial charge < -0.3 is 20.3 Å². The minimum atomic E-state index is -1.35. The second-order valence-corrected chi connectivity index (χ2v) is 18.2. The SMILES string of the molecule is c1ccc(NP(Nc2ccccc2)c2c(-c3ccccc3)cc3ccccc3c2-c2c(P(Nc3ccccc3)Nc3ccccc3)c(-c3ccccc3)cc3ccccc23)cc1. The van der Waals surface area contributed by atoms with Crippen LogP contribution in [-0.4, -0.2) is 0 Å². The molecule has 0 atom stereocenters. The Bertz CT molecular complexity index is 2770. The zero-order valence-electron chi connectivity index (χ0n) is 34.0. The van der Waals surface area contributed by atoms with E-state index >= 15 is 0 Å². The smallest absolute Gasteiger partial charge is 0.124 e. The first-order valence-corrected chi connectivity index (χ1v) is 23.5. The summed E-state index contributed by atoms with van der Waals surface area (Å²) >= 11 is 0. The highest BCUT2D eigenvalue weighted by molar-refractivity contribution is 7.70. The van der Waals surface area contributed by atoms with Crippen molar-refractivity contribution in [3.05, 3.63) is 243 Å². The van der Waals surface area contributed by atoms with E-state index in [-0.39, 0.29) is 0 Å². The summed E-state index contributed by atoms with van der Waals surface area (Å²) in [5.74, 6) is 0. The van der Waals surface area contributed by atoms with Crippen LogP contribution in [0, 0.1) is 0 Å². The molecule has 0 aliphatic rings. The average molecular weight is 835 g/mol. The van der Waals surface area contributed by atoms with Crippen LogP contribution < -0.4 is 31.0 Å². The van der Waals surface area contributed by atoms with Crippen LogP contribution in [0.25, 0.3) is 54.9 Å². The summed E-state index contributed by atoms with van der Waals surface area (Å²) in [6, 6.07) is 86.8. The van der Waals surface area contributed by atoms with Crippen LogP contribution in [0.4, 0.5) is 22.7 Å². The number of para-hydroxylation sites is 4. The minimum Gasteiger partial charge on any atom is -0.344 e. The predicted octanol–water partition coefficient (Wildman–Crippen LogP) is 15.3. The second kappa shape index (κ2) is 18.2. The van der Waals surface area contributed by atoms with Gasteiger partial charge in [-0.3, -0.25) is 0 Å². The molecule has 0 bridgehead atoms. The van der Waals surface area contributed by atoms with Crippen molar-refractivity contribution in [2.45, 2.75) is 0 Å². The van der Waals surface area contributed by atoms with Crippen molar-refractivity contribution in [3.63, 3.8) is 0 Å². The molecule has 0 radical (unpaired) electrons. The van der Waals surface area contributed by atoms with Gasteiger partial charge >= 0.3 is 0 Å². The Balaban J connectivity index is 1.38. The van der Waals surface area contributed by atoms with E-state index in [0.29, 0.717) is 0 Å². The van der Waals surface area contributed by atoms with E-state index in [1.54, 1.807) is 0 Å². The van der Waals surface area contributed by atoms with Crippen molar-refractivity contribution in [2.75, 3.05) is 20.3 Å². The van der Waals surface area contributed by atoms with Gasteiger partial charge in [0.1, 0.15) is 16.4 Å². The molecule has 6 heteroatoms. The molecule has 10 rings (SSSR count). The number of rotatable bonds is 13. The Kier molecular flexibility index (Phi) is 11.4. The number of hydrogen-bond donors (Lipinski definition) is 4. The summed E-state index contributed by atoms with van der Waals surface area (Å²) in [6.45, 7) is 0. The zero-order chi connectivity index (χ0) is 41.5. The average Bonchev–Trinajstić information content (AvgIpc) is 3.34. The van der Waals surface area contributed by atoms with Crippen molar-refractivity contribution < 1.29 is 0 Å². The Morgan fingerprint density at radius 1 is 0.258 bits per heavy atom. The van der Waals surface area contributed by atoms with Crippen LogP contribution in [0.15, 0.2) is 243 Å². The molecule has 0 aliphatic heterocycles. The monoisotopic (exact) mass is 834 g/mol. The van der Waals surface area contributed by atoms with Gasteiger partial charge in [0.25, 0.3) is 0 Å². The fourth-order valence-electron chi connectivity index (χ4n) is 8.17. The highest BCUT2D eigenvalue weighted by Crippen LogP contribution is 2.51. The lowest BCUT2D eigenvalue weighted by atomic mass is 9.88. The van der Waals surface area contributed by atoms with Crippen LogP contribution in [0.3, 0.4) is 0 Å². The first kappa shape index (κ1) is 38.9. The number of fused-ring (bicyclic) bond motifs is 2.